The molecule has 1 atom stereocenters. The van der Waals surface area contributed by atoms with Gasteiger partial charge in [0.25, 0.3) is 0 Å². The molecule has 0 saturated carbocycles. The van der Waals surface area contributed by atoms with Gasteiger partial charge in [-0.3, -0.25) is 9.78 Å². The standard InChI is InChI=1S/C11H20O4.C5H7N5O/c1-3-4-5-9(2)11(12)15-8-10-13-6-7-14-10;6-9-3-8-4-1-2-7-5(11)10-4/h9-10H,3-8H2,1-2H3;1-3H,6H2,(H2,7,8,9,10,11). The largest absolute Gasteiger partial charge is 0.460 e. The molecule has 0 aromatic carbocycles. The molecule has 1 unspecified atom stereocenters. The fourth-order valence-corrected chi connectivity index (χ4v) is 1.97. The van der Waals surface area contributed by atoms with E-state index in [1.807, 2.05) is 6.92 Å². The van der Waals surface area contributed by atoms with Crippen molar-refractivity contribution in [2.45, 2.75) is 39.4 Å². The molecule has 1 aliphatic heterocycles. The molecule has 1 aromatic rings. The van der Waals surface area contributed by atoms with Crippen LogP contribution in [0.4, 0.5) is 5.82 Å². The van der Waals surface area contributed by atoms with E-state index in [0.717, 1.165) is 19.3 Å². The van der Waals surface area contributed by atoms with Crippen molar-refractivity contribution in [2.24, 2.45) is 16.8 Å². The maximum absolute atomic E-state index is 11.5. The zero-order valence-corrected chi connectivity index (χ0v) is 15.1. The molecule has 0 spiro atoms. The number of nitrogens with zero attached hydrogens (tertiary/aromatic N) is 2. The summed E-state index contributed by atoms with van der Waals surface area (Å²) in [5.74, 6) is 5.14. The number of hydrogen-bond acceptors (Lipinski definition) is 8. The molecular formula is C16H27N5O5. The van der Waals surface area contributed by atoms with Crippen LogP contribution < -0.4 is 17.0 Å². The molecule has 26 heavy (non-hydrogen) atoms. The van der Waals surface area contributed by atoms with E-state index in [1.54, 1.807) is 6.07 Å². The van der Waals surface area contributed by atoms with Crippen molar-refractivity contribution < 1.29 is 19.0 Å². The molecule has 10 heteroatoms. The van der Waals surface area contributed by atoms with E-state index >= 15 is 0 Å². The highest BCUT2D eigenvalue weighted by atomic mass is 16.7. The summed E-state index contributed by atoms with van der Waals surface area (Å²) in [6.07, 6.45) is 5.32. The summed E-state index contributed by atoms with van der Waals surface area (Å²) in [5, 5.41) is 0. The second-order valence-corrected chi connectivity index (χ2v) is 5.53. The molecule has 2 heterocycles. The number of carbonyl (C=O) groups is 1. The van der Waals surface area contributed by atoms with Gasteiger partial charge in [0.15, 0.2) is 6.29 Å². The number of aromatic nitrogens is 2. The van der Waals surface area contributed by atoms with Crippen molar-refractivity contribution in [3.8, 4) is 0 Å². The van der Waals surface area contributed by atoms with Gasteiger partial charge in [0.05, 0.1) is 19.1 Å². The molecule has 10 nitrogen and oxygen atoms in total. The van der Waals surface area contributed by atoms with Gasteiger partial charge in [0.2, 0.25) is 0 Å². The van der Waals surface area contributed by atoms with Gasteiger partial charge < -0.3 is 19.6 Å². The van der Waals surface area contributed by atoms with Crippen LogP contribution in [0.15, 0.2) is 22.1 Å². The summed E-state index contributed by atoms with van der Waals surface area (Å²) >= 11 is 0. The minimum Gasteiger partial charge on any atom is -0.460 e. The minimum atomic E-state index is -0.434. The third-order valence-electron chi connectivity index (χ3n) is 3.38. The molecule has 4 N–H and O–H groups in total. The minimum absolute atomic E-state index is 0.0219. The van der Waals surface area contributed by atoms with E-state index < -0.39 is 5.69 Å². The fourth-order valence-electron chi connectivity index (χ4n) is 1.97. The first-order chi connectivity index (χ1) is 12.6. The van der Waals surface area contributed by atoms with Crippen LogP contribution in [0.2, 0.25) is 0 Å². The number of aromatic amines is 1. The van der Waals surface area contributed by atoms with Gasteiger partial charge in [-0.25, -0.2) is 20.6 Å². The zero-order valence-electron chi connectivity index (χ0n) is 15.1. The van der Waals surface area contributed by atoms with E-state index in [1.165, 1.54) is 12.5 Å². The van der Waals surface area contributed by atoms with E-state index in [0.29, 0.717) is 19.0 Å². The van der Waals surface area contributed by atoms with Crippen LogP contribution in [0, 0.1) is 5.92 Å². The monoisotopic (exact) mass is 369 g/mol. The Morgan fingerprint density at radius 3 is 2.92 bits per heavy atom. The number of H-pyrrole nitrogens is 1. The Balaban J connectivity index is 0.000000273. The van der Waals surface area contributed by atoms with Crippen LogP contribution >= 0.6 is 0 Å². The lowest BCUT2D eigenvalue weighted by atomic mass is 10.1. The van der Waals surface area contributed by atoms with Gasteiger partial charge in [-0.05, 0) is 12.5 Å². The Kier molecular flexibility index (Phi) is 10.9. The van der Waals surface area contributed by atoms with Gasteiger partial charge in [0.1, 0.15) is 18.8 Å². The lowest BCUT2D eigenvalue weighted by molar-refractivity contribution is -0.160. The third kappa shape index (κ3) is 9.25. The molecule has 0 bridgehead atoms. The molecule has 1 aromatic heterocycles. The van der Waals surface area contributed by atoms with E-state index in [2.05, 4.69) is 27.3 Å². The topological polar surface area (TPSA) is 141 Å². The van der Waals surface area contributed by atoms with Gasteiger partial charge >= 0.3 is 11.7 Å². The van der Waals surface area contributed by atoms with Gasteiger partial charge in [-0.2, -0.15) is 0 Å². The fraction of sp³-hybridized carbons (Fsp3) is 0.625. The Hall–Kier alpha value is -2.30. The molecule has 1 fully saturated rings. The molecule has 0 amide bonds. The van der Waals surface area contributed by atoms with Gasteiger partial charge in [-0.15, -0.1) is 0 Å². The number of nitrogens with two attached hydrogens (primary N) is 1. The average molecular weight is 369 g/mol. The number of unbranched alkanes of at least 4 members (excludes halogenated alkanes) is 1. The van der Waals surface area contributed by atoms with Crippen LogP contribution in [0.1, 0.15) is 33.1 Å². The predicted octanol–water partition coefficient (Wildman–Crippen LogP) is 0.622. The van der Waals surface area contributed by atoms with E-state index in [-0.39, 0.29) is 24.8 Å². The van der Waals surface area contributed by atoms with Crippen molar-refractivity contribution in [2.75, 3.05) is 19.8 Å². The molecule has 1 aliphatic rings. The van der Waals surface area contributed by atoms with E-state index in [9.17, 15) is 9.59 Å². The Morgan fingerprint density at radius 2 is 2.31 bits per heavy atom. The highest BCUT2D eigenvalue weighted by Gasteiger charge is 2.20. The highest BCUT2D eigenvalue weighted by molar-refractivity contribution is 5.71. The lowest BCUT2D eigenvalue weighted by Crippen LogP contribution is -2.22. The van der Waals surface area contributed by atoms with Crippen LogP contribution in [-0.2, 0) is 19.0 Å². The maximum Gasteiger partial charge on any atom is 0.346 e. The molecule has 146 valence electrons. The normalized spacial score (nSPS) is 15.3. The summed E-state index contributed by atoms with van der Waals surface area (Å²) in [7, 11) is 0. The van der Waals surface area contributed by atoms with Crippen molar-refractivity contribution in [3.05, 3.63) is 22.7 Å². The second-order valence-electron chi connectivity index (χ2n) is 5.53. The van der Waals surface area contributed by atoms with Crippen LogP contribution in [0.3, 0.4) is 0 Å². The Morgan fingerprint density at radius 1 is 1.58 bits per heavy atom. The third-order valence-corrected chi connectivity index (χ3v) is 3.38. The number of hydrogen-bond donors (Lipinski definition) is 3. The van der Waals surface area contributed by atoms with Gasteiger partial charge in [-0.1, -0.05) is 26.7 Å². The molecule has 2 rings (SSSR count). The molecule has 0 aliphatic carbocycles. The quantitative estimate of drug-likeness (QED) is 0.199. The molecule has 0 radical (unpaired) electrons. The number of ether oxygens (including phenoxy) is 3. The first kappa shape index (κ1) is 21.7. The second kappa shape index (κ2) is 13.0. The number of carbonyl (C=O) groups excluding carboxylic acids is 1. The van der Waals surface area contributed by atoms with Gasteiger partial charge in [0, 0.05) is 6.20 Å². The highest BCUT2D eigenvalue weighted by Crippen LogP contribution is 2.11. The first-order valence-electron chi connectivity index (χ1n) is 8.50. The smallest absolute Gasteiger partial charge is 0.346 e. The first-order valence-corrected chi connectivity index (χ1v) is 8.50. The number of esters is 1. The number of hydrazine groups is 1. The summed E-state index contributed by atoms with van der Waals surface area (Å²) < 4.78 is 15.4. The molecule has 1 saturated heterocycles. The predicted molar refractivity (Wildman–Crippen MR) is 95.7 cm³/mol. The summed E-state index contributed by atoms with van der Waals surface area (Å²) in [5.41, 5.74) is 1.77. The van der Waals surface area contributed by atoms with Crippen molar-refractivity contribution in [1.29, 1.82) is 0 Å². The van der Waals surface area contributed by atoms with Crippen molar-refractivity contribution in [1.82, 2.24) is 15.4 Å². The number of nitrogens with one attached hydrogen (secondary N) is 2. The molecular weight excluding hydrogens is 342 g/mol. The lowest BCUT2D eigenvalue weighted by Gasteiger charge is -2.13. The maximum atomic E-state index is 11.5. The summed E-state index contributed by atoms with van der Waals surface area (Å²) in [6, 6.07) is 1.55. The number of aliphatic imine (C=N–C) groups is 1. The van der Waals surface area contributed by atoms with Crippen molar-refractivity contribution in [3.63, 3.8) is 0 Å². The number of rotatable bonds is 8. The average Bonchev–Trinajstić information content (AvgIpc) is 3.16. The van der Waals surface area contributed by atoms with E-state index in [4.69, 9.17) is 20.1 Å². The SMILES string of the molecule is CCCCC(C)C(=O)OCC1OCCO1.NN/C=N/c1ccnc(=O)[nH]1. The Labute approximate surface area is 152 Å². The van der Waals surface area contributed by atoms with Crippen molar-refractivity contribution >= 4 is 18.1 Å². The van der Waals surface area contributed by atoms with Crippen LogP contribution in [-0.4, -0.2) is 48.4 Å². The summed E-state index contributed by atoms with van der Waals surface area (Å²) in [4.78, 5) is 31.6. The summed E-state index contributed by atoms with van der Waals surface area (Å²) in [6.45, 7) is 5.41. The zero-order chi connectivity index (χ0) is 19.2. The Bertz CT molecular complexity index is 601. The van der Waals surface area contributed by atoms with Crippen LogP contribution in [0.5, 0.6) is 0 Å². The van der Waals surface area contributed by atoms with Crippen LogP contribution in [0.25, 0.3) is 0 Å².